The van der Waals surface area contributed by atoms with Crippen LogP contribution in [0.4, 0.5) is 0 Å². The van der Waals surface area contributed by atoms with E-state index in [1.807, 2.05) is 0 Å². The molecule has 0 amide bonds. The molecule has 0 bridgehead atoms. The Balaban J connectivity index is 1.33. The zero-order chi connectivity index (χ0) is 19.6. The number of aliphatic hydroxyl groups is 1. The summed E-state index contributed by atoms with van der Waals surface area (Å²) in [5.41, 5.74) is 6.12. The lowest BCUT2D eigenvalue weighted by atomic mass is 9.96. The fourth-order valence-electron chi connectivity index (χ4n) is 4.58. The Labute approximate surface area is 172 Å². The predicted octanol–water partition coefficient (Wildman–Crippen LogP) is 4.86. The standard InChI is InChI=1S/C25H30N2O2/c28-16-23-6-3-11-27(23)15-22-14-21-13-20(9-10-25(21)26-22)19-5-1-4-18(12-19)17-29-24-7-2-8-24/h1,4-5,9-10,12-14,23-24,26,28H,2-3,6-8,11,15-17H2. The summed E-state index contributed by atoms with van der Waals surface area (Å²) in [6.45, 7) is 2.91. The van der Waals surface area contributed by atoms with Gasteiger partial charge in [0.1, 0.15) is 0 Å². The highest BCUT2D eigenvalue weighted by molar-refractivity contribution is 5.86. The van der Waals surface area contributed by atoms with E-state index < -0.39 is 0 Å². The number of aliphatic hydroxyl groups excluding tert-OH is 1. The highest BCUT2D eigenvalue weighted by Crippen LogP contribution is 2.28. The van der Waals surface area contributed by atoms with Crippen LogP contribution in [0.2, 0.25) is 0 Å². The number of ether oxygens (including phenoxy) is 1. The van der Waals surface area contributed by atoms with E-state index >= 15 is 0 Å². The van der Waals surface area contributed by atoms with Gasteiger partial charge in [0.15, 0.2) is 0 Å². The van der Waals surface area contributed by atoms with Crippen molar-refractivity contribution in [2.24, 2.45) is 0 Å². The summed E-state index contributed by atoms with van der Waals surface area (Å²) in [5, 5.41) is 10.8. The van der Waals surface area contributed by atoms with Crippen LogP contribution in [0, 0.1) is 0 Å². The van der Waals surface area contributed by atoms with E-state index in [0.29, 0.717) is 18.8 Å². The molecule has 2 aliphatic rings. The third kappa shape index (κ3) is 4.11. The van der Waals surface area contributed by atoms with E-state index in [1.54, 1.807) is 0 Å². The summed E-state index contributed by atoms with van der Waals surface area (Å²) >= 11 is 0. The Morgan fingerprint density at radius 2 is 1.90 bits per heavy atom. The number of aromatic nitrogens is 1. The van der Waals surface area contributed by atoms with Crippen LogP contribution in [0.25, 0.3) is 22.0 Å². The van der Waals surface area contributed by atoms with Crippen LogP contribution in [0.1, 0.15) is 43.4 Å². The van der Waals surface area contributed by atoms with Crippen molar-refractivity contribution in [2.45, 2.75) is 57.4 Å². The molecule has 2 fully saturated rings. The fourth-order valence-corrected chi connectivity index (χ4v) is 4.58. The number of H-pyrrole nitrogens is 1. The maximum Gasteiger partial charge on any atom is 0.0720 e. The minimum Gasteiger partial charge on any atom is -0.395 e. The maximum atomic E-state index is 9.56. The Morgan fingerprint density at radius 1 is 1.00 bits per heavy atom. The SMILES string of the molecule is OCC1CCCN1Cc1cc2cc(-c3cccc(COC4CCC4)c3)ccc2[nH]1. The van der Waals surface area contributed by atoms with Gasteiger partial charge in [-0.25, -0.2) is 0 Å². The van der Waals surface area contributed by atoms with Crippen molar-refractivity contribution >= 4 is 10.9 Å². The molecule has 1 aromatic heterocycles. The van der Waals surface area contributed by atoms with Crippen LogP contribution in [-0.2, 0) is 17.9 Å². The van der Waals surface area contributed by atoms with Crippen molar-refractivity contribution in [2.75, 3.05) is 13.2 Å². The fraction of sp³-hybridized carbons (Fsp3) is 0.440. The molecule has 152 valence electrons. The lowest BCUT2D eigenvalue weighted by Gasteiger charge is -2.25. The average molecular weight is 391 g/mol. The summed E-state index contributed by atoms with van der Waals surface area (Å²) in [7, 11) is 0. The molecular weight excluding hydrogens is 360 g/mol. The Hall–Kier alpha value is -2.14. The summed E-state index contributed by atoms with van der Waals surface area (Å²) in [6, 6.07) is 17.9. The second kappa shape index (κ2) is 8.31. The number of likely N-dealkylation sites (tertiary alicyclic amines) is 1. The zero-order valence-electron chi connectivity index (χ0n) is 16.9. The first-order valence-electron chi connectivity index (χ1n) is 11.0. The molecule has 1 unspecified atom stereocenters. The number of hydrogen-bond donors (Lipinski definition) is 2. The van der Waals surface area contributed by atoms with Crippen molar-refractivity contribution in [3.8, 4) is 11.1 Å². The smallest absolute Gasteiger partial charge is 0.0720 e. The highest BCUT2D eigenvalue weighted by Gasteiger charge is 2.24. The van der Waals surface area contributed by atoms with Gasteiger partial charge in [-0.3, -0.25) is 4.90 Å². The molecule has 5 rings (SSSR count). The second-order valence-corrected chi connectivity index (χ2v) is 8.61. The lowest BCUT2D eigenvalue weighted by molar-refractivity contribution is -0.00864. The number of aromatic amines is 1. The number of fused-ring (bicyclic) bond motifs is 1. The molecule has 2 heterocycles. The second-order valence-electron chi connectivity index (χ2n) is 8.61. The number of hydrogen-bond acceptors (Lipinski definition) is 3. The first-order chi connectivity index (χ1) is 14.3. The number of nitrogens with zero attached hydrogens (tertiary/aromatic N) is 1. The number of nitrogens with one attached hydrogen (secondary N) is 1. The summed E-state index contributed by atoms with van der Waals surface area (Å²) in [4.78, 5) is 5.95. The lowest BCUT2D eigenvalue weighted by Crippen LogP contribution is -2.31. The van der Waals surface area contributed by atoms with Crippen LogP contribution in [0.15, 0.2) is 48.5 Å². The largest absolute Gasteiger partial charge is 0.395 e. The summed E-state index contributed by atoms with van der Waals surface area (Å²) in [5.74, 6) is 0. The van der Waals surface area contributed by atoms with Crippen LogP contribution in [-0.4, -0.2) is 40.3 Å². The molecule has 0 spiro atoms. The van der Waals surface area contributed by atoms with E-state index in [2.05, 4.69) is 58.4 Å². The number of benzene rings is 2. The van der Waals surface area contributed by atoms with Gasteiger partial charge in [-0.2, -0.15) is 0 Å². The first-order valence-corrected chi connectivity index (χ1v) is 11.0. The molecule has 1 atom stereocenters. The minimum atomic E-state index is 0.255. The van der Waals surface area contributed by atoms with Crippen molar-refractivity contribution in [1.29, 1.82) is 0 Å². The topological polar surface area (TPSA) is 48.5 Å². The first kappa shape index (κ1) is 18.9. The minimum absolute atomic E-state index is 0.255. The third-order valence-corrected chi connectivity index (χ3v) is 6.56. The Morgan fingerprint density at radius 3 is 2.72 bits per heavy atom. The molecule has 1 aliphatic heterocycles. The molecule has 1 aliphatic carbocycles. The van der Waals surface area contributed by atoms with Crippen LogP contribution in [0.5, 0.6) is 0 Å². The van der Waals surface area contributed by atoms with Crippen molar-refractivity contribution in [3.63, 3.8) is 0 Å². The van der Waals surface area contributed by atoms with E-state index in [9.17, 15) is 5.11 Å². The molecule has 0 radical (unpaired) electrons. The van der Waals surface area contributed by atoms with Crippen LogP contribution in [0.3, 0.4) is 0 Å². The molecule has 2 aromatic carbocycles. The van der Waals surface area contributed by atoms with Gasteiger partial charge in [-0.15, -0.1) is 0 Å². The van der Waals surface area contributed by atoms with E-state index in [1.165, 1.54) is 59.0 Å². The Kier molecular flexibility index (Phi) is 5.40. The molecule has 1 saturated heterocycles. The molecule has 2 N–H and O–H groups in total. The van der Waals surface area contributed by atoms with Crippen LogP contribution >= 0.6 is 0 Å². The van der Waals surface area contributed by atoms with Gasteiger partial charge in [0.05, 0.1) is 19.3 Å². The van der Waals surface area contributed by atoms with Gasteiger partial charge in [-0.05, 0) is 79.6 Å². The van der Waals surface area contributed by atoms with Gasteiger partial charge >= 0.3 is 0 Å². The van der Waals surface area contributed by atoms with Crippen molar-refractivity contribution in [3.05, 3.63) is 59.8 Å². The molecule has 3 aromatic rings. The molecule has 4 heteroatoms. The van der Waals surface area contributed by atoms with E-state index in [0.717, 1.165) is 19.5 Å². The van der Waals surface area contributed by atoms with Crippen molar-refractivity contribution < 1.29 is 9.84 Å². The molecule has 4 nitrogen and oxygen atoms in total. The molecule has 1 saturated carbocycles. The molecular formula is C25H30N2O2. The summed E-state index contributed by atoms with van der Waals surface area (Å²) in [6.07, 6.45) is 6.47. The highest BCUT2D eigenvalue weighted by atomic mass is 16.5. The number of rotatable bonds is 7. The van der Waals surface area contributed by atoms with Gasteiger partial charge < -0.3 is 14.8 Å². The van der Waals surface area contributed by atoms with Crippen LogP contribution < -0.4 is 0 Å². The van der Waals surface area contributed by atoms with Gasteiger partial charge in [-0.1, -0.05) is 24.3 Å². The maximum absolute atomic E-state index is 9.56. The Bertz CT molecular complexity index is 976. The quantitative estimate of drug-likeness (QED) is 0.606. The van der Waals surface area contributed by atoms with Crippen molar-refractivity contribution in [1.82, 2.24) is 9.88 Å². The van der Waals surface area contributed by atoms with Gasteiger partial charge in [0.2, 0.25) is 0 Å². The average Bonchev–Trinajstić information content (AvgIpc) is 3.32. The third-order valence-electron chi connectivity index (χ3n) is 6.56. The predicted molar refractivity (Wildman–Crippen MR) is 117 cm³/mol. The molecule has 29 heavy (non-hydrogen) atoms. The van der Waals surface area contributed by atoms with E-state index in [4.69, 9.17) is 4.74 Å². The monoisotopic (exact) mass is 390 g/mol. The zero-order valence-corrected chi connectivity index (χ0v) is 16.9. The van der Waals surface area contributed by atoms with Gasteiger partial charge in [0.25, 0.3) is 0 Å². The summed E-state index contributed by atoms with van der Waals surface area (Å²) < 4.78 is 5.98. The van der Waals surface area contributed by atoms with E-state index in [-0.39, 0.29) is 6.61 Å². The van der Waals surface area contributed by atoms with Gasteiger partial charge in [0, 0.05) is 29.2 Å². The normalized spacial score (nSPS) is 20.4.